The van der Waals surface area contributed by atoms with E-state index in [2.05, 4.69) is 5.16 Å². The number of carbonyl (C=O) groups excluding carboxylic acids is 1. The maximum absolute atomic E-state index is 13.6. The van der Waals surface area contributed by atoms with Gasteiger partial charge in [-0.15, -0.1) is 0 Å². The summed E-state index contributed by atoms with van der Waals surface area (Å²) in [7, 11) is 0. The molecule has 3 aliphatic carbocycles. The summed E-state index contributed by atoms with van der Waals surface area (Å²) >= 11 is 0. The van der Waals surface area contributed by atoms with Crippen molar-refractivity contribution in [1.29, 1.82) is 0 Å². The summed E-state index contributed by atoms with van der Waals surface area (Å²) in [6, 6.07) is 1.82. The zero-order valence-corrected chi connectivity index (χ0v) is 14.6. The molecule has 0 aliphatic heterocycles. The van der Waals surface area contributed by atoms with Crippen molar-refractivity contribution in [2.75, 3.05) is 0 Å². The van der Waals surface area contributed by atoms with Gasteiger partial charge in [0.15, 0.2) is 5.69 Å². The molecule has 3 aliphatic rings. The van der Waals surface area contributed by atoms with Crippen molar-refractivity contribution in [2.45, 2.75) is 94.6 Å². The summed E-state index contributed by atoms with van der Waals surface area (Å²) in [6.07, 6.45) is 8.01. The molecule has 0 N–H and O–H groups in total. The Morgan fingerprint density at radius 1 is 1.04 bits per heavy atom. The second-order valence-electron chi connectivity index (χ2n) is 7.98. The molecule has 4 rings (SSSR count). The van der Waals surface area contributed by atoms with Crippen LogP contribution in [-0.2, 0) is 0 Å². The van der Waals surface area contributed by atoms with Crippen LogP contribution in [-0.4, -0.2) is 34.0 Å². The molecule has 0 spiro atoms. The van der Waals surface area contributed by atoms with E-state index < -0.39 is 5.92 Å². The summed E-state index contributed by atoms with van der Waals surface area (Å²) in [5, 5.41) is 4.00. The number of amides is 1. The van der Waals surface area contributed by atoms with E-state index in [1.807, 2.05) is 4.90 Å². The molecule has 1 aromatic heterocycles. The molecule has 0 radical (unpaired) electrons. The molecule has 1 heterocycles. The van der Waals surface area contributed by atoms with E-state index in [1.165, 1.54) is 6.42 Å². The fraction of sp³-hybridized carbons (Fsp3) is 0.789. The monoisotopic (exact) mass is 352 g/mol. The molecule has 3 fully saturated rings. The van der Waals surface area contributed by atoms with E-state index in [0.717, 1.165) is 44.3 Å². The third-order valence-corrected chi connectivity index (χ3v) is 6.01. The van der Waals surface area contributed by atoms with Gasteiger partial charge in [-0.1, -0.05) is 24.4 Å². The summed E-state index contributed by atoms with van der Waals surface area (Å²) in [6.45, 7) is 0. The number of hydrogen-bond acceptors (Lipinski definition) is 3. The van der Waals surface area contributed by atoms with Crippen molar-refractivity contribution in [3.05, 3.63) is 17.5 Å². The second-order valence-corrected chi connectivity index (χ2v) is 7.98. The van der Waals surface area contributed by atoms with E-state index in [-0.39, 0.29) is 30.8 Å². The number of hydrogen-bond donors (Lipinski definition) is 0. The Balaban J connectivity index is 1.54. The zero-order valence-electron chi connectivity index (χ0n) is 14.6. The first-order valence-corrected chi connectivity index (χ1v) is 9.71. The van der Waals surface area contributed by atoms with Gasteiger partial charge in [0.05, 0.1) is 0 Å². The second kappa shape index (κ2) is 6.69. The van der Waals surface area contributed by atoms with Crippen molar-refractivity contribution in [3.63, 3.8) is 0 Å². The molecule has 0 bridgehead atoms. The van der Waals surface area contributed by atoms with Gasteiger partial charge in [0.1, 0.15) is 5.76 Å². The lowest BCUT2D eigenvalue weighted by Crippen LogP contribution is -2.50. The molecular formula is C19H26F2N2O2. The topological polar surface area (TPSA) is 46.3 Å². The molecule has 0 saturated heterocycles. The fourth-order valence-electron chi connectivity index (χ4n) is 4.37. The minimum atomic E-state index is -2.58. The Labute approximate surface area is 146 Å². The number of halogens is 2. The number of nitrogens with zero attached hydrogens (tertiary/aromatic N) is 2. The van der Waals surface area contributed by atoms with Gasteiger partial charge in [0.2, 0.25) is 5.92 Å². The maximum Gasteiger partial charge on any atom is 0.276 e. The number of alkyl halides is 2. The molecule has 138 valence electrons. The third-order valence-electron chi connectivity index (χ3n) is 6.01. The summed E-state index contributed by atoms with van der Waals surface area (Å²) < 4.78 is 32.5. The molecule has 0 unspecified atom stereocenters. The SMILES string of the molecule is O=C(c1cc(C2CC2)on1)N(C1CCCCC1)C1CCC(F)(F)CC1. The van der Waals surface area contributed by atoms with Gasteiger partial charge in [0, 0.05) is 36.9 Å². The minimum Gasteiger partial charge on any atom is -0.360 e. The van der Waals surface area contributed by atoms with Gasteiger partial charge < -0.3 is 9.42 Å². The highest BCUT2D eigenvalue weighted by molar-refractivity contribution is 5.92. The maximum atomic E-state index is 13.6. The quantitative estimate of drug-likeness (QED) is 0.774. The molecule has 0 aromatic carbocycles. The van der Waals surface area contributed by atoms with Gasteiger partial charge in [-0.2, -0.15) is 0 Å². The Kier molecular flexibility index (Phi) is 4.54. The third kappa shape index (κ3) is 3.72. The molecule has 25 heavy (non-hydrogen) atoms. The van der Waals surface area contributed by atoms with Crippen LogP contribution in [0.3, 0.4) is 0 Å². The van der Waals surface area contributed by atoms with Crippen LogP contribution in [0.15, 0.2) is 10.6 Å². The van der Waals surface area contributed by atoms with Crippen LogP contribution in [0.5, 0.6) is 0 Å². The van der Waals surface area contributed by atoms with Crippen LogP contribution in [0, 0.1) is 0 Å². The lowest BCUT2D eigenvalue weighted by molar-refractivity contribution is -0.0561. The van der Waals surface area contributed by atoms with Crippen molar-refractivity contribution < 1.29 is 18.1 Å². The number of carbonyl (C=O) groups is 1. The summed E-state index contributed by atoms with van der Waals surface area (Å²) in [4.78, 5) is 15.1. The molecule has 6 heteroatoms. The average Bonchev–Trinajstić information content (AvgIpc) is 3.34. The minimum absolute atomic E-state index is 0.101. The van der Waals surface area contributed by atoms with Gasteiger partial charge in [0.25, 0.3) is 5.91 Å². The van der Waals surface area contributed by atoms with Crippen LogP contribution in [0.4, 0.5) is 8.78 Å². The van der Waals surface area contributed by atoms with E-state index in [0.29, 0.717) is 24.5 Å². The average molecular weight is 352 g/mol. The van der Waals surface area contributed by atoms with Crippen molar-refractivity contribution >= 4 is 5.91 Å². The lowest BCUT2D eigenvalue weighted by atomic mass is 9.87. The van der Waals surface area contributed by atoms with Gasteiger partial charge in [-0.25, -0.2) is 8.78 Å². The van der Waals surface area contributed by atoms with E-state index in [1.54, 1.807) is 6.07 Å². The zero-order chi connectivity index (χ0) is 17.4. The highest BCUT2D eigenvalue weighted by Crippen LogP contribution is 2.41. The largest absolute Gasteiger partial charge is 0.360 e. The summed E-state index contributed by atoms with van der Waals surface area (Å²) in [5.74, 6) is -1.50. The van der Waals surface area contributed by atoms with E-state index in [4.69, 9.17) is 4.52 Å². The standard InChI is InChI=1S/C19H26F2N2O2/c20-19(21)10-8-15(9-11-19)23(14-4-2-1-3-5-14)18(24)16-12-17(25-22-16)13-6-7-13/h12-15H,1-11H2. The molecule has 1 aromatic rings. The van der Waals surface area contributed by atoms with Crippen LogP contribution in [0.1, 0.15) is 92.8 Å². The smallest absolute Gasteiger partial charge is 0.276 e. The predicted molar refractivity (Wildman–Crippen MR) is 88.7 cm³/mol. The first-order chi connectivity index (χ1) is 12.0. The van der Waals surface area contributed by atoms with Gasteiger partial charge >= 0.3 is 0 Å². The fourth-order valence-corrected chi connectivity index (χ4v) is 4.37. The van der Waals surface area contributed by atoms with E-state index in [9.17, 15) is 13.6 Å². The number of aromatic nitrogens is 1. The van der Waals surface area contributed by atoms with Crippen molar-refractivity contribution in [2.24, 2.45) is 0 Å². The van der Waals surface area contributed by atoms with Gasteiger partial charge in [-0.3, -0.25) is 4.79 Å². The number of rotatable bonds is 4. The Morgan fingerprint density at radius 3 is 2.32 bits per heavy atom. The summed E-state index contributed by atoms with van der Waals surface area (Å²) in [5.41, 5.74) is 0.352. The van der Waals surface area contributed by atoms with Gasteiger partial charge in [-0.05, 0) is 38.5 Å². The van der Waals surface area contributed by atoms with Crippen LogP contribution in [0.25, 0.3) is 0 Å². The highest BCUT2D eigenvalue weighted by Gasteiger charge is 2.41. The van der Waals surface area contributed by atoms with Crippen LogP contribution < -0.4 is 0 Å². The van der Waals surface area contributed by atoms with E-state index >= 15 is 0 Å². The lowest BCUT2D eigenvalue weighted by Gasteiger charge is -2.42. The Bertz CT molecular complexity index is 611. The molecule has 4 nitrogen and oxygen atoms in total. The molecule has 3 saturated carbocycles. The first kappa shape index (κ1) is 17.0. The van der Waals surface area contributed by atoms with Crippen molar-refractivity contribution in [3.8, 4) is 0 Å². The molecular weight excluding hydrogens is 326 g/mol. The Hall–Kier alpha value is -1.46. The molecule has 0 atom stereocenters. The predicted octanol–water partition coefficient (Wildman–Crippen LogP) is 4.90. The molecule has 1 amide bonds. The Morgan fingerprint density at radius 2 is 1.68 bits per heavy atom. The first-order valence-electron chi connectivity index (χ1n) is 9.71. The normalized spacial score (nSPS) is 25.0. The van der Waals surface area contributed by atoms with Crippen LogP contribution in [0.2, 0.25) is 0 Å². The van der Waals surface area contributed by atoms with Crippen LogP contribution >= 0.6 is 0 Å². The highest BCUT2D eigenvalue weighted by atomic mass is 19.3. The van der Waals surface area contributed by atoms with Crippen molar-refractivity contribution in [1.82, 2.24) is 10.1 Å².